The summed E-state index contributed by atoms with van der Waals surface area (Å²) in [5, 5.41) is 11.8. The van der Waals surface area contributed by atoms with Gasteiger partial charge in [0.2, 0.25) is 0 Å². The molecule has 4 rings (SSSR count). The van der Waals surface area contributed by atoms with Crippen LogP contribution >= 0.6 is 0 Å². The van der Waals surface area contributed by atoms with E-state index < -0.39 is 0 Å². The number of anilines is 2. The fraction of sp³-hybridized carbons (Fsp3) is 0.130. The zero-order chi connectivity index (χ0) is 17.2. The van der Waals surface area contributed by atoms with Crippen molar-refractivity contribution in [3.05, 3.63) is 83.9 Å². The van der Waals surface area contributed by atoms with E-state index in [1.54, 1.807) is 0 Å². The molecule has 4 aromatic carbocycles. The Bertz CT molecular complexity index is 965. The molecule has 0 atom stereocenters. The Balaban J connectivity index is 1.87. The summed E-state index contributed by atoms with van der Waals surface area (Å²) in [6.07, 6.45) is 0.926. The van der Waals surface area contributed by atoms with Crippen LogP contribution in [0.25, 0.3) is 21.5 Å². The van der Waals surface area contributed by atoms with E-state index in [4.69, 9.17) is 0 Å². The fourth-order valence-electron chi connectivity index (χ4n) is 3.67. The Morgan fingerprint density at radius 2 is 0.920 bits per heavy atom. The van der Waals surface area contributed by atoms with Gasteiger partial charge in [0, 0.05) is 36.2 Å². The lowest BCUT2D eigenvalue weighted by Crippen LogP contribution is -1.96. The molecule has 2 N–H and O–H groups in total. The van der Waals surface area contributed by atoms with Gasteiger partial charge in [0.1, 0.15) is 0 Å². The van der Waals surface area contributed by atoms with Crippen molar-refractivity contribution in [2.45, 2.75) is 6.42 Å². The summed E-state index contributed by atoms with van der Waals surface area (Å²) in [5.74, 6) is 0. The molecule has 0 aliphatic heterocycles. The van der Waals surface area contributed by atoms with Crippen LogP contribution in [-0.4, -0.2) is 14.1 Å². The Morgan fingerprint density at radius 3 is 1.32 bits per heavy atom. The molecule has 4 aromatic rings. The maximum atomic E-state index is 3.30. The largest absolute Gasteiger partial charge is 0.388 e. The van der Waals surface area contributed by atoms with Crippen LogP contribution in [0, 0.1) is 0 Å². The van der Waals surface area contributed by atoms with Crippen molar-refractivity contribution in [3.63, 3.8) is 0 Å². The highest BCUT2D eigenvalue weighted by molar-refractivity contribution is 5.98. The lowest BCUT2D eigenvalue weighted by molar-refractivity contribution is 1.23. The van der Waals surface area contributed by atoms with E-state index in [-0.39, 0.29) is 0 Å². The summed E-state index contributed by atoms with van der Waals surface area (Å²) in [6, 6.07) is 26.1. The molecule has 0 aliphatic carbocycles. The van der Waals surface area contributed by atoms with E-state index in [0.717, 1.165) is 6.42 Å². The highest BCUT2D eigenvalue weighted by Gasteiger charge is 2.09. The molecule has 124 valence electrons. The Kier molecular flexibility index (Phi) is 4.02. The summed E-state index contributed by atoms with van der Waals surface area (Å²) in [4.78, 5) is 0. The zero-order valence-electron chi connectivity index (χ0n) is 14.6. The van der Waals surface area contributed by atoms with Gasteiger partial charge in [-0.2, -0.15) is 0 Å². The lowest BCUT2D eigenvalue weighted by atomic mass is 9.94. The third kappa shape index (κ3) is 2.70. The predicted octanol–water partition coefficient (Wildman–Crippen LogP) is 5.67. The summed E-state index contributed by atoms with van der Waals surface area (Å²) >= 11 is 0. The first-order valence-electron chi connectivity index (χ1n) is 8.68. The highest BCUT2D eigenvalue weighted by Crippen LogP contribution is 2.31. The van der Waals surface area contributed by atoms with Crippen molar-refractivity contribution in [2.75, 3.05) is 24.7 Å². The topological polar surface area (TPSA) is 24.1 Å². The zero-order valence-corrected chi connectivity index (χ0v) is 14.6. The van der Waals surface area contributed by atoms with Gasteiger partial charge in [-0.3, -0.25) is 0 Å². The summed E-state index contributed by atoms with van der Waals surface area (Å²) < 4.78 is 0. The highest BCUT2D eigenvalue weighted by atomic mass is 14.8. The monoisotopic (exact) mass is 326 g/mol. The van der Waals surface area contributed by atoms with E-state index in [0.29, 0.717) is 0 Å². The van der Waals surface area contributed by atoms with Crippen LogP contribution < -0.4 is 10.6 Å². The minimum atomic E-state index is 0.926. The molecule has 25 heavy (non-hydrogen) atoms. The van der Waals surface area contributed by atoms with Crippen molar-refractivity contribution >= 4 is 32.9 Å². The number of nitrogens with one attached hydrogen (secondary N) is 2. The standard InChI is InChI=1S/C23H22N2/c1-24-22-13-11-16(18-7-3-5-9-20(18)22)15-17-12-14-23(25-2)21-10-6-4-8-19(17)21/h3-14,24-25H,15H2,1-2H3. The average molecular weight is 326 g/mol. The van der Waals surface area contributed by atoms with E-state index in [2.05, 4.69) is 83.4 Å². The Morgan fingerprint density at radius 1 is 0.520 bits per heavy atom. The van der Waals surface area contributed by atoms with Crippen molar-refractivity contribution in [1.29, 1.82) is 0 Å². The Hall–Kier alpha value is -3.00. The fourth-order valence-corrected chi connectivity index (χ4v) is 3.67. The second-order valence-corrected chi connectivity index (χ2v) is 6.31. The van der Waals surface area contributed by atoms with Gasteiger partial charge in [-0.25, -0.2) is 0 Å². The van der Waals surface area contributed by atoms with E-state index >= 15 is 0 Å². The molecule has 0 amide bonds. The molecular formula is C23H22N2. The minimum absolute atomic E-state index is 0.926. The van der Waals surface area contributed by atoms with Crippen molar-refractivity contribution in [2.24, 2.45) is 0 Å². The van der Waals surface area contributed by atoms with Crippen molar-refractivity contribution in [1.82, 2.24) is 0 Å². The molecule has 0 bridgehead atoms. The third-order valence-electron chi connectivity index (χ3n) is 4.95. The first kappa shape index (κ1) is 15.5. The van der Waals surface area contributed by atoms with Crippen molar-refractivity contribution in [3.8, 4) is 0 Å². The molecule has 0 spiro atoms. The molecule has 0 heterocycles. The van der Waals surface area contributed by atoms with Gasteiger partial charge < -0.3 is 10.6 Å². The van der Waals surface area contributed by atoms with Gasteiger partial charge in [-0.15, -0.1) is 0 Å². The molecule has 0 radical (unpaired) electrons. The van der Waals surface area contributed by atoms with Gasteiger partial charge >= 0.3 is 0 Å². The minimum Gasteiger partial charge on any atom is -0.388 e. The van der Waals surface area contributed by atoms with Crippen LogP contribution in [-0.2, 0) is 6.42 Å². The van der Waals surface area contributed by atoms with Crippen molar-refractivity contribution < 1.29 is 0 Å². The van der Waals surface area contributed by atoms with Crippen LogP contribution in [0.4, 0.5) is 11.4 Å². The van der Waals surface area contributed by atoms with Gasteiger partial charge in [0.15, 0.2) is 0 Å². The van der Waals surface area contributed by atoms with Crippen LogP contribution in [0.15, 0.2) is 72.8 Å². The molecule has 0 aliphatic rings. The maximum absolute atomic E-state index is 3.30. The van der Waals surface area contributed by atoms with Gasteiger partial charge in [0.25, 0.3) is 0 Å². The smallest absolute Gasteiger partial charge is 0.0417 e. The number of hydrogen-bond donors (Lipinski definition) is 2. The van der Waals surface area contributed by atoms with E-state index in [9.17, 15) is 0 Å². The van der Waals surface area contributed by atoms with Gasteiger partial charge in [-0.05, 0) is 40.5 Å². The van der Waals surface area contributed by atoms with Gasteiger partial charge in [-0.1, -0.05) is 60.7 Å². The molecule has 2 nitrogen and oxygen atoms in total. The van der Waals surface area contributed by atoms with Crippen LogP contribution in [0.3, 0.4) is 0 Å². The van der Waals surface area contributed by atoms with E-state index in [1.165, 1.54) is 44.0 Å². The normalized spacial score (nSPS) is 11.0. The number of hydrogen-bond acceptors (Lipinski definition) is 2. The lowest BCUT2D eigenvalue weighted by Gasteiger charge is -2.14. The number of rotatable bonds is 4. The maximum Gasteiger partial charge on any atom is 0.0417 e. The SMILES string of the molecule is CNc1ccc(Cc2ccc(NC)c3ccccc23)c2ccccc12. The second kappa shape index (κ2) is 6.48. The summed E-state index contributed by atoms with van der Waals surface area (Å²) in [6.45, 7) is 0. The number of fused-ring (bicyclic) bond motifs is 2. The quantitative estimate of drug-likeness (QED) is 0.505. The molecule has 0 aromatic heterocycles. The van der Waals surface area contributed by atoms with Crippen LogP contribution in [0.5, 0.6) is 0 Å². The van der Waals surface area contributed by atoms with Crippen LogP contribution in [0.2, 0.25) is 0 Å². The number of benzene rings is 4. The molecule has 0 unspecified atom stereocenters. The van der Waals surface area contributed by atoms with Gasteiger partial charge in [0.05, 0.1) is 0 Å². The first-order chi connectivity index (χ1) is 12.3. The third-order valence-corrected chi connectivity index (χ3v) is 4.95. The van der Waals surface area contributed by atoms with E-state index in [1.807, 2.05) is 14.1 Å². The molecule has 2 heteroatoms. The molecule has 0 fully saturated rings. The predicted molar refractivity (Wildman–Crippen MR) is 110 cm³/mol. The molecular weight excluding hydrogens is 304 g/mol. The first-order valence-corrected chi connectivity index (χ1v) is 8.68. The summed E-state index contributed by atoms with van der Waals surface area (Å²) in [7, 11) is 3.96. The van der Waals surface area contributed by atoms with Crippen LogP contribution in [0.1, 0.15) is 11.1 Å². The molecule has 0 saturated carbocycles. The Labute approximate surface area is 148 Å². The average Bonchev–Trinajstić information content (AvgIpc) is 2.68. The second-order valence-electron chi connectivity index (χ2n) is 6.31. The summed E-state index contributed by atoms with van der Waals surface area (Å²) in [5.41, 5.74) is 5.07. The molecule has 0 saturated heterocycles.